The summed E-state index contributed by atoms with van der Waals surface area (Å²) in [6.45, 7) is 0. The number of aromatic nitrogens is 5. The molecule has 0 saturated carbocycles. The Morgan fingerprint density at radius 1 is 0.636 bits per heavy atom. The lowest BCUT2D eigenvalue weighted by Gasteiger charge is -2.06. The van der Waals surface area contributed by atoms with Crippen LogP contribution in [0.3, 0.4) is 0 Å². The van der Waals surface area contributed by atoms with E-state index in [0.29, 0.717) is 0 Å². The van der Waals surface area contributed by atoms with Crippen LogP contribution >= 0.6 is 33.9 Å². The number of benzene rings is 4. The van der Waals surface area contributed by atoms with Crippen molar-refractivity contribution in [3.05, 3.63) is 88.5 Å². The van der Waals surface area contributed by atoms with Crippen LogP contribution in [0.5, 0.6) is 0 Å². The lowest BCUT2D eigenvalue weighted by Crippen LogP contribution is -1.95. The molecule has 0 amide bonds. The minimum Gasteiger partial charge on any atom is -0.283 e. The van der Waals surface area contributed by atoms with Crippen LogP contribution in [0.4, 0.5) is 0 Å². The zero-order valence-corrected chi connectivity index (χ0v) is 20.1. The maximum absolute atomic E-state index is 5.02. The fourth-order valence-electron chi connectivity index (χ4n) is 4.94. The topological polar surface area (TPSA) is 39.5 Å². The predicted octanol–water partition coefficient (Wildman–Crippen LogP) is 7.05. The summed E-state index contributed by atoms with van der Waals surface area (Å²) in [7, 11) is 0. The van der Waals surface area contributed by atoms with Crippen LogP contribution in [-0.2, 0) is 0 Å². The average Bonchev–Trinajstić information content (AvgIpc) is 3.54. The van der Waals surface area contributed by atoms with Crippen LogP contribution < -0.4 is 0 Å². The summed E-state index contributed by atoms with van der Waals surface area (Å²) in [6.07, 6.45) is 0. The highest BCUT2D eigenvalue weighted by Gasteiger charge is 2.18. The van der Waals surface area contributed by atoms with Crippen LogP contribution in [0.2, 0.25) is 0 Å². The highest BCUT2D eigenvalue weighted by Crippen LogP contribution is 2.34. The van der Waals surface area contributed by atoms with Gasteiger partial charge >= 0.3 is 0 Å². The summed E-state index contributed by atoms with van der Waals surface area (Å²) in [5.74, 6) is 0.930. The Bertz CT molecular complexity index is 2060. The van der Waals surface area contributed by atoms with E-state index in [2.05, 4.69) is 109 Å². The van der Waals surface area contributed by atoms with E-state index in [1.807, 2.05) is 12.1 Å². The highest BCUT2D eigenvalue weighted by atomic mass is 127. The van der Waals surface area contributed by atoms with Gasteiger partial charge in [-0.05, 0) is 83.3 Å². The number of hydrogen-bond donors (Lipinski definition) is 0. The summed E-state index contributed by atoms with van der Waals surface area (Å²) < 4.78 is 9.22. The molecule has 0 radical (unpaired) electrons. The molecule has 0 saturated heterocycles. The lowest BCUT2D eigenvalue weighted by molar-refractivity contribution is 1.11. The van der Waals surface area contributed by atoms with Gasteiger partial charge in [-0.2, -0.15) is 0 Å². The van der Waals surface area contributed by atoms with Gasteiger partial charge in [0.25, 0.3) is 0 Å². The monoisotopic (exact) mass is 555 g/mol. The Balaban J connectivity index is 1.48. The Morgan fingerprint density at radius 3 is 2.21 bits per heavy atom. The number of nitrogens with zero attached hydrogens (tertiary/aromatic N) is 5. The van der Waals surface area contributed by atoms with E-state index < -0.39 is 0 Å². The highest BCUT2D eigenvalue weighted by molar-refractivity contribution is 14.1. The predicted molar refractivity (Wildman–Crippen MR) is 144 cm³/mol. The molecule has 7 heteroatoms. The minimum absolute atomic E-state index is 0.930. The largest absolute Gasteiger partial charge is 0.283 e. The van der Waals surface area contributed by atoms with Gasteiger partial charge in [0.15, 0.2) is 4.96 Å². The van der Waals surface area contributed by atoms with Crippen molar-refractivity contribution in [2.75, 3.05) is 0 Å². The second-order valence-electron chi connectivity index (χ2n) is 8.18. The van der Waals surface area contributed by atoms with Crippen molar-refractivity contribution in [3.8, 4) is 5.69 Å². The molecule has 33 heavy (non-hydrogen) atoms. The lowest BCUT2D eigenvalue weighted by atomic mass is 10.2. The van der Waals surface area contributed by atoms with Crippen molar-refractivity contribution in [2.24, 2.45) is 0 Å². The molecule has 0 fully saturated rings. The van der Waals surface area contributed by atoms with Crippen LogP contribution in [0, 0.1) is 3.57 Å². The van der Waals surface area contributed by atoms with Crippen LogP contribution in [0.25, 0.3) is 59.7 Å². The smallest absolute Gasteiger partial charge is 0.220 e. The number of imidazole rings is 3. The third kappa shape index (κ3) is 2.35. The van der Waals surface area contributed by atoms with Crippen molar-refractivity contribution in [3.63, 3.8) is 0 Å². The van der Waals surface area contributed by atoms with Gasteiger partial charge in [-0.15, -0.1) is 0 Å². The Labute approximate surface area is 204 Å². The molecule has 8 rings (SSSR count). The zero-order valence-electron chi connectivity index (χ0n) is 17.1. The molecule has 0 aliphatic carbocycles. The molecule has 4 aromatic heterocycles. The van der Waals surface area contributed by atoms with Crippen molar-refractivity contribution in [1.82, 2.24) is 23.3 Å². The first kappa shape index (κ1) is 18.0. The molecule has 0 bridgehead atoms. The third-order valence-corrected chi connectivity index (χ3v) is 8.01. The number of hydrogen-bond acceptors (Lipinski definition) is 3. The average molecular weight is 555 g/mol. The molecule has 0 aliphatic rings. The molecule has 4 aromatic carbocycles. The number of thiazole rings is 1. The first-order valence-electron chi connectivity index (χ1n) is 10.6. The van der Waals surface area contributed by atoms with Gasteiger partial charge < -0.3 is 0 Å². The van der Waals surface area contributed by atoms with E-state index in [-0.39, 0.29) is 0 Å². The maximum atomic E-state index is 5.02. The van der Waals surface area contributed by atoms with Crippen LogP contribution in [-0.4, -0.2) is 23.3 Å². The first-order valence-corrected chi connectivity index (χ1v) is 12.5. The number of para-hydroxylation sites is 4. The Kier molecular flexibility index (Phi) is 3.46. The SMILES string of the molecule is Ic1ccc2c(c1)n1c3ccccc3nc1n2-c1ccc2c(c1)sc1nc3ccccc3n12. The summed E-state index contributed by atoms with van der Waals surface area (Å²) in [5.41, 5.74) is 8.91. The van der Waals surface area contributed by atoms with Gasteiger partial charge in [0.1, 0.15) is 0 Å². The third-order valence-electron chi connectivity index (χ3n) is 6.34. The first-order chi connectivity index (χ1) is 16.3. The Morgan fingerprint density at radius 2 is 1.36 bits per heavy atom. The van der Waals surface area contributed by atoms with Gasteiger partial charge in [0.05, 0.1) is 49.0 Å². The van der Waals surface area contributed by atoms with Gasteiger partial charge in [-0.25, -0.2) is 9.97 Å². The molecule has 0 N–H and O–H groups in total. The van der Waals surface area contributed by atoms with Gasteiger partial charge in [-0.1, -0.05) is 35.6 Å². The molecule has 4 heterocycles. The molecule has 0 spiro atoms. The normalized spacial score (nSPS) is 12.4. The van der Waals surface area contributed by atoms with Crippen molar-refractivity contribution >= 4 is 88.0 Å². The second kappa shape index (κ2) is 6.33. The van der Waals surface area contributed by atoms with Crippen molar-refractivity contribution < 1.29 is 0 Å². The quantitative estimate of drug-likeness (QED) is 0.204. The molecule has 8 aromatic rings. The van der Waals surface area contributed by atoms with Crippen LogP contribution in [0.15, 0.2) is 84.9 Å². The summed E-state index contributed by atoms with van der Waals surface area (Å²) in [4.78, 5) is 10.9. The van der Waals surface area contributed by atoms with Crippen molar-refractivity contribution in [2.45, 2.75) is 0 Å². The van der Waals surface area contributed by atoms with E-state index in [0.717, 1.165) is 49.5 Å². The molecule has 0 unspecified atom stereocenters. The van der Waals surface area contributed by atoms with E-state index in [9.17, 15) is 0 Å². The van der Waals surface area contributed by atoms with E-state index in [1.165, 1.54) is 13.8 Å². The van der Waals surface area contributed by atoms with E-state index >= 15 is 0 Å². The molecular weight excluding hydrogens is 541 g/mol. The zero-order chi connectivity index (χ0) is 21.7. The molecule has 5 nitrogen and oxygen atoms in total. The molecular formula is C26H14IN5S. The fourth-order valence-corrected chi connectivity index (χ4v) is 6.49. The van der Waals surface area contributed by atoms with E-state index in [4.69, 9.17) is 9.97 Å². The maximum Gasteiger partial charge on any atom is 0.220 e. The minimum atomic E-state index is 0.930. The standard InChI is InChI=1S/C26H14IN5S/c27-15-9-11-21-23(13-15)31-19-7-3-1-5-17(19)28-25(31)30(21)16-10-12-22-24(14-16)33-26-29-18-6-2-4-8-20(18)32(22)26/h1-14H. The van der Waals surface area contributed by atoms with E-state index in [1.54, 1.807) is 11.3 Å². The molecule has 156 valence electrons. The second-order valence-corrected chi connectivity index (χ2v) is 10.4. The fraction of sp³-hybridized carbons (Fsp3) is 0. The van der Waals surface area contributed by atoms with Crippen molar-refractivity contribution in [1.29, 1.82) is 0 Å². The number of halogens is 1. The number of rotatable bonds is 1. The van der Waals surface area contributed by atoms with Crippen LogP contribution in [0.1, 0.15) is 0 Å². The van der Waals surface area contributed by atoms with Gasteiger partial charge in [0.2, 0.25) is 5.78 Å². The molecule has 0 atom stereocenters. The van der Waals surface area contributed by atoms with Gasteiger partial charge in [0, 0.05) is 3.57 Å². The summed E-state index contributed by atoms with van der Waals surface area (Å²) in [6, 6.07) is 29.9. The summed E-state index contributed by atoms with van der Waals surface area (Å²) in [5, 5.41) is 0. The summed E-state index contributed by atoms with van der Waals surface area (Å²) >= 11 is 4.11. The van der Waals surface area contributed by atoms with Gasteiger partial charge in [-0.3, -0.25) is 13.4 Å². The Hall–Kier alpha value is -3.43. The number of fused-ring (bicyclic) bond motifs is 10. The molecule has 0 aliphatic heterocycles.